The smallest absolute Gasteiger partial charge is 0.320 e. The van der Waals surface area contributed by atoms with Gasteiger partial charge >= 0.3 is 5.97 Å². The fourth-order valence-corrected chi connectivity index (χ4v) is 1.11. The second-order valence-corrected chi connectivity index (χ2v) is 4.36. The Morgan fingerprint density at radius 3 is 2.47 bits per heavy atom. The molecule has 0 aromatic carbocycles. The molecule has 0 aliphatic carbocycles. The van der Waals surface area contributed by atoms with Gasteiger partial charge in [0.15, 0.2) is 0 Å². The zero-order valence-corrected chi connectivity index (χ0v) is 10.0. The Bertz CT molecular complexity index is 190. The molecule has 0 bridgehead atoms. The molecule has 90 valence electrons. The van der Waals surface area contributed by atoms with Crippen LogP contribution in [0.4, 0.5) is 0 Å². The van der Waals surface area contributed by atoms with E-state index in [4.69, 9.17) is 9.94 Å². The van der Waals surface area contributed by atoms with E-state index < -0.39 is 5.60 Å². The molecule has 0 aliphatic rings. The molecule has 0 fully saturated rings. The van der Waals surface area contributed by atoms with Crippen LogP contribution >= 0.6 is 0 Å². The summed E-state index contributed by atoms with van der Waals surface area (Å²) in [4.78, 5) is 13.3. The number of nitrogens with zero attached hydrogens (tertiary/aromatic N) is 1. The average Bonchev–Trinajstić information content (AvgIpc) is 2.09. The first-order chi connectivity index (χ1) is 6.89. The third-order valence-electron chi connectivity index (χ3n) is 1.76. The first-order valence-electron chi connectivity index (χ1n) is 5.20. The zero-order valence-electron chi connectivity index (χ0n) is 10.0. The van der Waals surface area contributed by atoms with Crippen LogP contribution in [-0.4, -0.2) is 47.9 Å². The van der Waals surface area contributed by atoms with Crippen LogP contribution < -0.4 is 5.48 Å². The number of carbonyl (C=O) groups is 1. The average molecular weight is 218 g/mol. The number of rotatable bonds is 6. The van der Waals surface area contributed by atoms with Crippen molar-refractivity contribution in [2.24, 2.45) is 0 Å². The number of esters is 1. The van der Waals surface area contributed by atoms with E-state index in [1.165, 1.54) is 0 Å². The number of hydroxylamine groups is 1. The Labute approximate surface area is 91.4 Å². The Hall–Kier alpha value is -0.650. The minimum absolute atomic E-state index is 0.234. The quantitative estimate of drug-likeness (QED) is 0.506. The third-order valence-corrected chi connectivity index (χ3v) is 1.76. The van der Waals surface area contributed by atoms with Gasteiger partial charge in [0.2, 0.25) is 0 Å². The molecule has 0 saturated carbocycles. The van der Waals surface area contributed by atoms with Crippen molar-refractivity contribution in [1.29, 1.82) is 0 Å². The Morgan fingerprint density at radius 1 is 1.47 bits per heavy atom. The molecule has 0 radical (unpaired) electrons. The molecule has 0 aliphatic heterocycles. The molecule has 0 atom stereocenters. The van der Waals surface area contributed by atoms with Crippen LogP contribution in [0.1, 0.15) is 27.7 Å². The highest BCUT2D eigenvalue weighted by atomic mass is 16.6. The number of hydrogen-bond acceptors (Lipinski definition) is 5. The van der Waals surface area contributed by atoms with Crippen molar-refractivity contribution in [2.45, 2.75) is 33.3 Å². The van der Waals surface area contributed by atoms with Crippen molar-refractivity contribution < 1.29 is 14.7 Å². The second-order valence-electron chi connectivity index (χ2n) is 4.36. The van der Waals surface area contributed by atoms with E-state index in [1.807, 2.05) is 32.6 Å². The van der Waals surface area contributed by atoms with Crippen molar-refractivity contribution in [1.82, 2.24) is 10.4 Å². The first-order valence-corrected chi connectivity index (χ1v) is 5.20. The second kappa shape index (κ2) is 6.76. The SMILES string of the molecule is CCN(CCNO)CC(=O)OC(C)(C)C. The number of likely N-dealkylation sites (N-methyl/N-ethyl adjacent to an activating group) is 1. The van der Waals surface area contributed by atoms with Crippen LogP contribution in [-0.2, 0) is 9.53 Å². The molecular weight excluding hydrogens is 196 g/mol. The fraction of sp³-hybridized carbons (Fsp3) is 0.900. The van der Waals surface area contributed by atoms with Crippen molar-refractivity contribution in [3.05, 3.63) is 0 Å². The summed E-state index contributed by atoms with van der Waals surface area (Å²) in [7, 11) is 0. The third kappa shape index (κ3) is 8.35. The Balaban J connectivity index is 3.91. The molecule has 0 aromatic rings. The normalized spacial score (nSPS) is 11.9. The minimum Gasteiger partial charge on any atom is -0.459 e. The van der Waals surface area contributed by atoms with Crippen LogP contribution in [0.3, 0.4) is 0 Å². The monoisotopic (exact) mass is 218 g/mol. The zero-order chi connectivity index (χ0) is 11.9. The fourth-order valence-electron chi connectivity index (χ4n) is 1.11. The summed E-state index contributed by atoms with van der Waals surface area (Å²) in [5.74, 6) is -0.234. The molecule has 15 heavy (non-hydrogen) atoms. The maximum absolute atomic E-state index is 11.4. The van der Waals surface area contributed by atoms with Crippen molar-refractivity contribution in [3.63, 3.8) is 0 Å². The number of carbonyl (C=O) groups excluding carboxylic acids is 1. The van der Waals surface area contributed by atoms with Gasteiger partial charge in [0, 0.05) is 13.1 Å². The van der Waals surface area contributed by atoms with E-state index in [-0.39, 0.29) is 12.5 Å². The van der Waals surface area contributed by atoms with Crippen molar-refractivity contribution >= 4 is 5.97 Å². The molecular formula is C10H22N2O3. The molecule has 2 N–H and O–H groups in total. The summed E-state index contributed by atoms with van der Waals surface area (Å²) >= 11 is 0. The van der Waals surface area contributed by atoms with Gasteiger partial charge in [-0.25, -0.2) is 5.48 Å². The van der Waals surface area contributed by atoms with Gasteiger partial charge in [-0.2, -0.15) is 0 Å². The summed E-state index contributed by atoms with van der Waals surface area (Å²) in [5.41, 5.74) is 1.62. The summed E-state index contributed by atoms with van der Waals surface area (Å²) in [6.45, 7) is 9.56. The van der Waals surface area contributed by atoms with Crippen molar-refractivity contribution in [2.75, 3.05) is 26.2 Å². The van der Waals surface area contributed by atoms with Gasteiger partial charge in [-0.05, 0) is 27.3 Å². The maximum atomic E-state index is 11.4. The van der Waals surface area contributed by atoms with Crippen LogP contribution in [0.2, 0.25) is 0 Å². The predicted molar refractivity (Wildman–Crippen MR) is 57.7 cm³/mol. The van der Waals surface area contributed by atoms with Gasteiger partial charge in [-0.15, -0.1) is 0 Å². The number of ether oxygens (including phenoxy) is 1. The van der Waals surface area contributed by atoms with E-state index in [1.54, 1.807) is 0 Å². The first kappa shape index (κ1) is 14.3. The van der Waals surface area contributed by atoms with E-state index >= 15 is 0 Å². The van der Waals surface area contributed by atoms with Gasteiger partial charge < -0.3 is 9.94 Å². The van der Waals surface area contributed by atoms with Gasteiger partial charge in [0.25, 0.3) is 0 Å². The molecule has 0 unspecified atom stereocenters. The summed E-state index contributed by atoms with van der Waals surface area (Å²) in [6.07, 6.45) is 0. The lowest BCUT2D eigenvalue weighted by molar-refractivity contribution is -0.156. The molecule has 5 nitrogen and oxygen atoms in total. The largest absolute Gasteiger partial charge is 0.459 e. The Kier molecular flexibility index (Phi) is 6.47. The van der Waals surface area contributed by atoms with E-state index in [0.717, 1.165) is 6.54 Å². The molecule has 0 aromatic heterocycles. The Morgan fingerprint density at radius 2 is 2.07 bits per heavy atom. The number of hydrogen-bond donors (Lipinski definition) is 2. The highest BCUT2D eigenvalue weighted by Crippen LogP contribution is 2.07. The minimum atomic E-state index is -0.439. The lowest BCUT2D eigenvalue weighted by atomic mass is 10.2. The van der Waals surface area contributed by atoms with E-state index in [2.05, 4.69) is 5.48 Å². The molecule has 0 rings (SSSR count). The molecule has 0 spiro atoms. The summed E-state index contributed by atoms with van der Waals surface area (Å²) < 4.78 is 5.19. The van der Waals surface area contributed by atoms with Gasteiger partial charge in [-0.1, -0.05) is 6.92 Å². The van der Waals surface area contributed by atoms with Gasteiger partial charge in [0.1, 0.15) is 5.60 Å². The van der Waals surface area contributed by atoms with Crippen LogP contribution in [0.15, 0.2) is 0 Å². The van der Waals surface area contributed by atoms with Gasteiger partial charge in [0.05, 0.1) is 6.54 Å². The lowest BCUT2D eigenvalue weighted by Gasteiger charge is -2.23. The molecule has 0 amide bonds. The van der Waals surface area contributed by atoms with Crippen molar-refractivity contribution in [3.8, 4) is 0 Å². The van der Waals surface area contributed by atoms with Crippen LogP contribution in [0.5, 0.6) is 0 Å². The molecule has 5 heteroatoms. The van der Waals surface area contributed by atoms with E-state index in [0.29, 0.717) is 13.1 Å². The highest BCUT2D eigenvalue weighted by molar-refractivity contribution is 5.72. The highest BCUT2D eigenvalue weighted by Gasteiger charge is 2.17. The number of nitrogens with one attached hydrogen (secondary N) is 1. The lowest BCUT2D eigenvalue weighted by Crippen LogP contribution is -2.38. The van der Waals surface area contributed by atoms with Gasteiger partial charge in [-0.3, -0.25) is 9.69 Å². The maximum Gasteiger partial charge on any atom is 0.320 e. The molecule has 0 saturated heterocycles. The summed E-state index contributed by atoms with van der Waals surface area (Å²) in [5, 5.41) is 8.44. The predicted octanol–water partition coefficient (Wildman–Crippen LogP) is 0.629. The topological polar surface area (TPSA) is 61.8 Å². The van der Waals surface area contributed by atoms with E-state index in [9.17, 15) is 4.79 Å². The van der Waals surface area contributed by atoms with Crippen LogP contribution in [0, 0.1) is 0 Å². The summed E-state index contributed by atoms with van der Waals surface area (Å²) in [6, 6.07) is 0. The standard InChI is InChI=1S/C10H22N2O3/c1-5-12(7-6-11-14)8-9(13)15-10(2,3)4/h11,14H,5-8H2,1-4H3. The van der Waals surface area contributed by atoms with Crippen LogP contribution in [0.25, 0.3) is 0 Å². The molecule has 0 heterocycles.